The summed E-state index contributed by atoms with van der Waals surface area (Å²) in [6.07, 6.45) is 5.08. The number of rotatable bonds is 6. The third kappa shape index (κ3) is 3.62. The molecule has 1 atom stereocenters. The van der Waals surface area contributed by atoms with Crippen molar-refractivity contribution in [2.24, 2.45) is 0 Å². The average Bonchev–Trinajstić information content (AvgIpc) is 3.42. The number of nitrogens with one attached hydrogen (secondary N) is 1. The number of amides is 1. The zero-order valence-electron chi connectivity index (χ0n) is 16.6. The number of H-pyrrole nitrogens is 1. The van der Waals surface area contributed by atoms with Gasteiger partial charge in [0.1, 0.15) is 0 Å². The molecule has 6 heteroatoms. The summed E-state index contributed by atoms with van der Waals surface area (Å²) < 4.78 is 0. The Bertz CT molecular complexity index is 1050. The van der Waals surface area contributed by atoms with Crippen LogP contribution in [0.4, 0.5) is 5.69 Å². The van der Waals surface area contributed by atoms with Crippen molar-refractivity contribution in [2.75, 3.05) is 13.1 Å². The van der Waals surface area contributed by atoms with Gasteiger partial charge in [-0.25, -0.2) is 0 Å². The van der Waals surface area contributed by atoms with E-state index in [1.54, 1.807) is 12.1 Å². The standard InChI is InChI=1S/C23H25N3O3/c1-2-16-8-7-10-18-20(15-24-23(16)18)19(14-22(27)25-12-5-6-13-25)17-9-3-4-11-21(17)26(28)29/h3-4,7-11,15,19,24H,2,5-6,12-14H2,1H3. The van der Waals surface area contributed by atoms with E-state index in [2.05, 4.69) is 18.0 Å². The van der Waals surface area contributed by atoms with Crippen LogP contribution in [0.15, 0.2) is 48.7 Å². The lowest BCUT2D eigenvalue weighted by atomic mass is 9.86. The number of aromatic amines is 1. The molecule has 2 aromatic carbocycles. The van der Waals surface area contributed by atoms with E-state index in [1.165, 1.54) is 11.6 Å². The summed E-state index contributed by atoms with van der Waals surface area (Å²) in [6.45, 7) is 3.65. The Hall–Kier alpha value is -3.15. The number of hydrogen-bond acceptors (Lipinski definition) is 3. The molecule has 1 N–H and O–H groups in total. The SMILES string of the molecule is CCc1cccc2c(C(CC(=O)N3CCCC3)c3ccccc3[N+](=O)[O-])c[nH]c12. The quantitative estimate of drug-likeness (QED) is 0.485. The van der Waals surface area contributed by atoms with Crippen molar-refractivity contribution in [1.29, 1.82) is 0 Å². The minimum atomic E-state index is -0.370. The van der Waals surface area contributed by atoms with Crippen LogP contribution >= 0.6 is 0 Å². The molecule has 1 aromatic heterocycles. The van der Waals surface area contributed by atoms with Crippen molar-refractivity contribution >= 4 is 22.5 Å². The highest BCUT2D eigenvalue weighted by molar-refractivity contribution is 5.88. The maximum Gasteiger partial charge on any atom is 0.273 e. The van der Waals surface area contributed by atoms with E-state index in [0.717, 1.165) is 48.8 Å². The number of nitro groups is 1. The van der Waals surface area contributed by atoms with E-state index in [9.17, 15) is 14.9 Å². The number of carbonyl (C=O) groups is 1. The third-order valence-corrected chi connectivity index (χ3v) is 5.94. The smallest absolute Gasteiger partial charge is 0.273 e. The number of fused-ring (bicyclic) bond motifs is 1. The number of hydrogen-bond donors (Lipinski definition) is 1. The lowest BCUT2D eigenvalue weighted by Gasteiger charge is -2.21. The highest BCUT2D eigenvalue weighted by Crippen LogP contribution is 2.38. The van der Waals surface area contributed by atoms with Crippen LogP contribution in [0.1, 0.15) is 48.8 Å². The Morgan fingerprint density at radius 2 is 1.90 bits per heavy atom. The Morgan fingerprint density at radius 1 is 1.14 bits per heavy atom. The Labute approximate surface area is 169 Å². The van der Waals surface area contributed by atoms with E-state index in [-0.39, 0.29) is 28.9 Å². The predicted octanol–water partition coefficient (Wildman–Crippen LogP) is 4.78. The van der Waals surface area contributed by atoms with Crippen LogP contribution in [0.3, 0.4) is 0 Å². The molecule has 1 aliphatic rings. The maximum atomic E-state index is 13.0. The molecule has 4 rings (SSSR count). The van der Waals surface area contributed by atoms with Crippen LogP contribution in [0.5, 0.6) is 0 Å². The average molecular weight is 391 g/mol. The van der Waals surface area contributed by atoms with Gasteiger partial charge in [0, 0.05) is 54.2 Å². The highest BCUT2D eigenvalue weighted by atomic mass is 16.6. The second-order valence-corrected chi connectivity index (χ2v) is 7.60. The van der Waals surface area contributed by atoms with Crippen molar-refractivity contribution in [1.82, 2.24) is 9.88 Å². The summed E-state index contributed by atoms with van der Waals surface area (Å²) >= 11 is 0. The molecular weight excluding hydrogens is 366 g/mol. The summed E-state index contributed by atoms with van der Waals surface area (Å²) in [7, 11) is 0. The number of nitro benzene ring substituents is 1. The molecule has 1 amide bonds. The van der Waals surface area contributed by atoms with Gasteiger partial charge in [0.15, 0.2) is 0 Å². The number of aromatic nitrogens is 1. The van der Waals surface area contributed by atoms with Crippen LogP contribution in [0.25, 0.3) is 10.9 Å². The fraction of sp³-hybridized carbons (Fsp3) is 0.348. The normalized spacial score (nSPS) is 15.0. The molecule has 150 valence electrons. The van der Waals surface area contributed by atoms with Crippen molar-refractivity contribution in [3.8, 4) is 0 Å². The molecule has 1 aliphatic heterocycles. The van der Waals surface area contributed by atoms with E-state index in [1.807, 2.05) is 29.3 Å². The zero-order chi connectivity index (χ0) is 20.4. The lowest BCUT2D eigenvalue weighted by molar-refractivity contribution is -0.385. The largest absolute Gasteiger partial charge is 0.361 e. The fourth-order valence-electron chi connectivity index (χ4n) is 4.43. The van der Waals surface area contributed by atoms with Crippen molar-refractivity contribution in [3.05, 3.63) is 75.5 Å². The molecule has 0 aliphatic carbocycles. The molecule has 1 saturated heterocycles. The topological polar surface area (TPSA) is 79.2 Å². The maximum absolute atomic E-state index is 13.0. The first-order chi connectivity index (χ1) is 14.1. The van der Waals surface area contributed by atoms with Crippen LogP contribution in [-0.4, -0.2) is 33.8 Å². The number of likely N-dealkylation sites (tertiary alicyclic amines) is 1. The van der Waals surface area contributed by atoms with E-state index >= 15 is 0 Å². The number of aryl methyl sites for hydroxylation is 1. The number of para-hydroxylation sites is 2. The zero-order valence-corrected chi connectivity index (χ0v) is 16.6. The van der Waals surface area contributed by atoms with Gasteiger partial charge in [0.25, 0.3) is 5.69 Å². The van der Waals surface area contributed by atoms with Crippen LogP contribution < -0.4 is 0 Å². The number of benzene rings is 2. The van der Waals surface area contributed by atoms with E-state index in [4.69, 9.17) is 0 Å². The monoisotopic (exact) mass is 391 g/mol. The molecule has 0 saturated carbocycles. The Kier molecular flexibility index (Phi) is 5.34. The van der Waals surface area contributed by atoms with Crippen molar-refractivity contribution < 1.29 is 9.72 Å². The van der Waals surface area contributed by atoms with Crippen molar-refractivity contribution in [3.63, 3.8) is 0 Å². The predicted molar refractivity (Wildman–Crippen MR) is 113 cm³/mol. The lowest BCUT2D eigenvalue weighted by Crippen LogP contribution is -2.29. The van der Waals surface area contributed by atoms with Crippen LogP contribution in [-0.2, 0) is 11.2 Å². The molecule has 3 aromatic rings. The molecule has 1 unspecified atom stereocenters. The summed E-state index contributed by atoms with van der Waals surface area (Å²) in [6, 6.07) is 12.9. The Balaban J connectivity index is 1.83. The molecule has 29 heavy (non-hydrogen) atoms. The van der Waals surface area contributed by atoms with Gasteiger partial charge in [0.2, 0.25) is 5.91 Å². The van der Waals surface area contributed by atoms with Gasteiger partial charge in [-0.15, -0.1) is 0 Å². The molecule has 0 bridgehead atoms. The van der Waals surface area contributed by atoms with E-state index < -0.39 is 0 Å². The molecule has 1 fully saturated rings. The van der Waals surface area contributed by atoms with E-state index in [0.29, 0.717) is 5.56 Å². The molecule has 2 heterocycles. The van der Waals surface area contributed by atoms with Crippen molar-refractivity contribution in [2.45, 2.75) is 38.5 Å². The van der Waals surface area contributed by atoms with Gasteiger partial charge in [-0.1, -0.05) is 43.3 Å². The second kappa shape index (κ2) is 8.07. The summed E-state index contributed by atoms with van der Waals surface area (Å²) in [5.41, 5.74) is 3.83. The second-order valence-electron chi connectivity index (χ2n) is 7.60. The first-order valence-corrected chi connectivity index (χ1v) is 10.2. The highest BCUT2D eigenvalue weighted by Gasteiger charge is 2.30. The minimum absolute atomic E-state index is 0.0617. The first-order valence-electron chi connectivity index (χ1n) is 10.2. The molecular formula is C23H25N3O3. The van der Waals surface area contributed by atoms with Gasteiger partial charge < -0.3 is 9.88 Å². The summed E-state index contributed by atoms with van der Waals surface area (Å²) in [5, 5.41) is 12.7. The van der Waals surface area contributed by atoms with Crippen LogP contribution in [0, 0.1) is 10.1 Å². The minimum Gasteiger partial charge on any atom is -0.361 e. The molecule has 0 radical (unpaired) electrons. The van der Waals surface area contributed by atoms with Gasteiger partial charge >= 0.3 is 0 Å². The van der Waals surface area contributed by atoms with Crippen LogP contribution in [0.2, 0.25) is 0 Å². The molecule has 6 nitrogen and oxygen atoms in total. The molecule has 0 spiro atoms. The number of carbonyl (C=O) groups excluding carboxylic acids is 1. The van der Waals surface area contributed by atoms with Gasteiger partial charge in [-0.2, -0.15) is 0 Å². The third-order valence-electron chi connectivity index (χ3n) is 5.94. The number of nitrogens with zero attached hydrogens (tertiary/aromatic N) is 2. The van der Waals surface area contributed by atoms with Gasteiger partial charge in [-0.05, 0) is 30.4 Å². The summed E-state index contributed by atoms with van der Waals surface area (Å²) in [5.74, 6) is -0.308. The van der Waals surface area contributed by atoms with Gasteiger partial charge in [0.05, 0.1) is 4.92 Å². The van der Waals surface area contributed by atoms with Gasteiger partial charge in [-0.3, -0.25) is 14.9 Å². The summed E-state index contributed by atoms with van der Waals surface area (Å²) in [4.78, 5) is 29.6. The Morgan fingerprint density at radius 3 is 2.62 bits per heavy atom. The first kappa shape index (κ1) is 19.2. The fourth-order valence-corrected chi connectivity index (χ4v) is 4.43.